The summed E-state index contributed by atoms with van der Waals surface area (Å²) in [5.41, 5.74) is 5.45. The zero-order valence-corrected chi connectivity index (χ0v) is 12.3. The van der Waals surface area contributed by atoms with Crippen LogP contribution in [-0.2, 0) is 4.79 Å². The van der Waals surface area contributed by atoms with E-state index in [0.717, 1.165) is 13.0 Å². The topological polar surface area (TPSA) is 55.1 Å². The van der Waals surface area contributed by atoms with Crippen molar-refractivity contribution in [1.82, 2.24) is 5.32 Å². The molecule has 0 aliphatic rings. The van der Waals surface area contributed by atoms with Gasteiger partial charge >= 0.3 is 0 Å². The molecule has 0 aromatic heterocycles. The molecule has 1 atom stereocenters. The Morgan fingerprint density at radius 2 is 1.39 bits per heavy atom. The number of hydrogen-bond acceptors (Lipinski definition) is 2. The molecule has 18 heavy (non-hydrogen) atoms. The fraction of sp³-hybridized carbons (Fsp3) is 0.933. The van der Waals surface area contributed by atoms with Crippen LogP contribution in [0.1, 0.15) is 78.1 Å². The van der Waals surface area contributed by atoms with Gasteiger partial charge in [0.1, 0.15) is 0 Å². The number of nitrogens with two attached hydrogens (primary N) is 1. The summed E-state index contributed by atoms with van der Waals surface area (Å²) in [6, 6.07) is -0.381. The second-order valence-corrected chi connectivity index (χ2v) is 5.26. The molecule has 0 aromatic rings. The molecule has 0 radical (unpaired) electrons. The van der Waals surface area contributed by atoms with Crippen molar-refractivity contribution in [2.24, 2.45) is 5.73 Å². The lowest BCUT2D eigenvalue weighted by molar-refractivity contribution is -0.121. The van der Waals surface area contributed by atoms with Crippen LogP contribution < -0.4 is 11.1 Å². The van der Waals surface area contributed by atoms with Crippen molar-refractivity contribution in [2.75, 3.05) is 6.54 Å². The Hall–Kier alpha value is -0.570. The van der Waals surface area contributed by atoms with Crippen molar-refractivity contribution in [3.8, 4) is 0 Å². The fourth-order valence-electron chi connectivity index (χ4n) is 1.99. The van der Waals surface area contributed by atoms with Crippen LogP contribution in [0.25, 0.3) is 0 Å². The number of hydrogen-bond donors (Lipinski definition) is 2. The summed E-state index contributed by atoms with van der Waals surface area (Å²) in [6.45, 7) is 4.74. The molecule has 0 unspecified atom stereocenters. The lowest BCUT2D eigenvalue weighted by Gasteiger charge is -2.07. The quantitative estimate of drug-likeness (QED) is 0.526. The third-order valence-corrected chi connectivity index (χ3v) is 3.24. The van der Waals surface area contributed by atoms with Crippen LogP contribution in [0.4, 0.5) is 0 Å². The number of unbranched alkanes of at least 4 members (excludes halogenated alkanes) is 9. The average Bonchev–Trinajstić information content (AvgIpc) is 2.35. The standard InChI is InChI=1S/C15H32N2O/c1-3-4-5-6-7-8-9-10-11-12-13-17-15(18)14(2)16/h14H,3-13,16H2,1-2H3,(H,17,18)/t14-/m1/s1. The van der Waals surface area contributed by atoms with Gasteiger partial charge in [-0.05, 0) is 13.3 Å². The molecule has 0 fully saturated rings. The fourth-order valence-corrected chi connectivity index (χ4v) is 1.99. The SMILES string of the molecule is CCCCCCCCCCCCNC(=O)[C@@H](C)N. The zero-order chi connectivity index (χ0) is 13.6. The Kier molecular flexibility index (Phi) is 12.5. The number of rotatable bonds is 12. The summed E-state index contributed by atoms with van der Waals surface area (Å²) in [7, 11) is 0. The van der Waals surface area contributed by atoms with Gasteiger partial charge < -0.3 is 11.1 Å². The molecule has 0 aliphatic carbocycles. The predicted octanol–water partition coefficient (Wildman–Crippen LogP) is 3.37. The van der Waals surface area contributed by atoms with Gasteiger partial charge in [-0.15, -0.1) is 0 Å². The number of carbonyl (C=O) groups excluding carboxylic acids is 1. The summed E-state index contributed by atoms with van der Waals surface area (Å²) >= 11 is 0. The summed E-state index contributed by atoms with van der Waals surface area (Å²) in [5.74, 6) is -0.0362. The first-order valence-corrected chi connectivity index (χ1v) is 7.71. The van der Waals surface area contributed by atoms with Gasteiger partial charge in [-0.1, -0.05) is 64.7 Å². The molecule has 0 heterocycles. The molecular weight excluding hydrogens is 224 g/mol. The van der Waals surface area contributed by atoms with E-state index < -0.39 is 0 Å². The minimum Gasteiger partial charge on any atom is -0.355 e. The highest BCUT2D eigenvalue weighted by molar-refractivity contribution is 5.80. The van der Waals surface area contributed by atoms with E-state index in [-0.39, 0.29) is 11.9 Å². The largest absolute Gasteiger partial charge is 0.355 e. The molecule has 3 heteroatoms. The second-order valence-electron chi connectivity index (χ2n) is 5.26. The van der Waals surface area contributed by atoms with E-state index in [1.165, 1.54) is 57.8 Å². The Balaban J connectivity index is 3.05. The monoisotopic (exact) mass is 256 g/mol. The van der Waals surface area contributed by atoms with E-state index in [2.05, 4.69) is 12.2 Å². The lowest BCUT2D eigenvalue weighted by atomic mass is 10.1. The molecule has 3 N–H and O–H groups in total. The second kappa shape index (κ2) is 12.9. The first-order valence-electron chi connectivity index (χ1n) is 7.71. The highest BCUT2D eigenvalue weighted by Gasteiger charge is 2.04. The van der Waals surface area contributed by atoms with Gasteiger partial charge in [-0.3, -0.25) is 4.79 Å². The van der Waals surface area contributed by atoms with Crippen LogP contribution in [0.5, 0.6) is 0 Å². The van der Waals surface area contributed by atoms with E-state index in [1.54, 1.807) is 6.92 Å². The molecule has 0 spiro atoms. The molecule has 1 amide bonds. The highest BCUT2D eigenvalue weighted by atomic mass is 16.2. The van der Waals surface area contributed by atoms with Gasteiger partial charge in [0.2, 0.25) is 5.91 Å². The van der Waals surface area contributed by atoms with E-state index in [0.29, 0.717) is 0 Å². The summed E-state index contributed by atoms with van der Waals surface area (Å²) < 4.78 is 0. The molecule has 108 valence electrons. The van der Waals surface area contributed by atoms with Gasteiger partial charge in [0.15, 0.2) is 0 Å². The molecular formula is C15H32N2O. The summed E-state index contributed by atoms with van der Waals surface area (Å²) in [5, 5.41) is 2.84. The summed E-state index contributed by atoms with van der Waals surface area (Å²) in [4.78, 5) is 11.2. The number of carbonyl (C=O) groups is 1. The normalized spacial score (nSPS) is 12.4. The van der Waals surface area contributed by atoms with Gasteiger partial charge in [0, 0.05) is 6.54 Å². The van der Waals surface area contributed by atoms with Crippen LogP contribution in [0.15, 0.2) is 0 Å². The van der Waals surface area contributed by atoms with Crippen molar-refractivity contribution < 1.29 is 4.79 Å². The molecule has 0 rings (SSSR count). The third kappa shape index (κ3) is 11.9. The molecule has 0 aromatic carbocycles. The Labute approximate surface area is 113 Å². The Morgan fingerprint density at radius 3 is 1.83 bits per heavy atom. The van der Waals surface area contributed by atoms with Crippen molar-refractivity contribution in [3.05, 3.63) is 0 Å². The highest BCUT2D eigenvalue weighted by Crippen LogP contribution is 2.10. The van der Waals surface area contributed by atoms with Gasteiger partial charge in [-0.2, -0.15) is 0 Å². The minimum absolute atomic E-state index is 0.0362. The predicted molar refractivity (Wildman–Crippen MR) is 78.5 cm³/mol. The van der Waals surface area contributed by atoms with E-state index in [1.807, 2.05) is 0 Å². The smallest absolute Gasteiger partial charge is 0.236 e. The molecule has 0 saturated heterocycles. The molecule has 3 nitrogen and oxygen atoms in total. The Bertz CT molecular complexity index is 193. The van der Waals surface area contributed by atoms with Gasteiger partial charge in [0.25, 0.3) is 0 Å². The lowest BCUT2D eigenvalue weighted by Crippen LogP contribution is -2.38. The first kappa shape index (κ1) is 17.4. The number of amides is 1. The van der Waals surface area contributed by atoms with Gasteiger partial charge in [-0.25, -0.2) is 0 Å². The summed E-state index contributed by atoms with van der Waals surface area (Å²) in [6.07, 6.45) is 13.2. The van der Waals surface area contributed by atoms with Crippen LogP contribution in [0.3, 0.4) is 0 Å². The molecule has 0 aliphatic heterocycles. The van der Waals surface area contributed by atoms with Crippen LogP contribution in [0, 0.1) is 0 Å². The minimum atomic E-state index is -0.381. The van der Waals surface area contributed by atoms with Crippen molar-refractivity contribution in [1.29, 1.82) is 0 Å². The maximum atomic E-state index is 11.2. The van der Waals surface area contributed by atoms with Crippen molar-refractivity contribution in [3.63, 3.8) is 0 Å². The van der Waals surface area contributed by atoms with Crippen LogP contribution >= 0.6 is 0 Å². The molecule has 0 bridgehead atoms. The number of nitrogens with one attached hydrogen (secondary N) is 1. The van der Waals surface area contributed by atoms with Crippen LogP contribution in [0.2, 0.25) is 0 Å². The van der Waals surface area contributed by atoms with Crippen molar-refractivity contribution in [2.45, 2.75) is 84.1 Å². The first-order chi connectivity index (χ1) is 8.68. The maximum absolute atomic E-state index is 11.2. The van der Waals surface area contributed by atoms with E-state index in [9.17, 15) is 4.79 Å². The third-order valence-electron chi connectivity index (χ3n) is 3.24. The zero-order valence-electron chi connectivity index (χ0n) is 12.3. The average molecular weight is 256 g/mol. The van der Waals surface area contributed by atoms with E-state index in [4.69, 9.17) is 5.73 Å². The molecule has 0 saturated carbocycles. The van der Waals surface area contributed by atoms with Gasteiger partial charge in [0.05, 0.1) is 6.04 Å². The Morgan fingerprint density at radius 1 is 0.944 bits per heavy atom. The maximum Gasteiger partial charge on any atom is 0.236 e. The van der Waals surface area contributed by atoms with Crippen LogP contribution in [-0.4, -0.2) is 18.5 Å². The van der Waals surface area contributed by atoms with Crippen molar-refractivity contribution >= 4 is 5.91 Å². The van der Waals surface area contributed by atoms with E-state index >= 15 is 0 Å².